The highest BCUT2D eigenvalue weighted by Crippen LogP contribution is 2.07. The summed E-state index contributed by atoms with van der Waals surface area (Å²) in [5.41, 5.74) is 8.20. The molecular weight excluding hydrogens is 276 g/mol. The van der Waals surface area contributed by atoms with Crippen molar-refractivity contribution in [1.29, 1.82) is 0 Å². The molecule has 0 atom stereocenters. The van der Waals surface area contributed by atoms with E-state index >= 15 is 0 Å². The molecule has 0 bridgehead atoms. The Morgan fingerprint density at radius 1 is 1.09 bits per heavy atom. The second-order valence-electron chi connectivity index (χ2n) is 4.63. The van der Waals surface area contributed by atoms with Crippen molar-refractivity contribution < 1.29 is 9.53 Å². The maximum Gasteiger partial charge on any atom is 0.407 e. The summed E-state index contributed by atoms with van der Waals surface area (Å²) in [5.74, 6) is 5.95. The van der Waals surface area contributed by atoms with Gasteiger partial charge in [0, 0.05) is 24.2 Å². The lowest BCUT2D eigenvalue weighted by molar-refractivity contribution is 0.140. The van der Waals surface area contributed by atoms with E-state index in [4.69, 9.17) is 10.5 Å². The standard InChI is InChI=1S/C18H18N2O2/c19-17-12-5-4-10-16(17)11-6-7-13-20-18(21)22-14-15-8-2-1-3-9-15/h1-5,8-10,12H,7,13-14,19H2,(H,20,21). The number of benzene rings is 2. The number of alkyl carbamates (subject to hydrolysis) is 1. The molecule has 0 aromatic heterocycles. The molecule has 0 fully saturated rings. The highest BCUT2D eigenvalue weighted by molar-refractivity contribution is 5.67. The summed E-state index contributed by atoms with van der Waals surface area (Å²) < 4.78 is 5.09. The molecule has 0 saturated heterocycles. The Hall–Kier alpha value is -2.93. The van der Waals surface area contributed by atoms with Crippen molar-refractivity contribution in [2.75, 3.05) is 12.3 Å². The molecule has 0 spiro atoms. The zero-order chi connectivity index (χ0) is 15.6. The topological polar surface area (TPSA) is 64.3 Å². The average Bonchev–Trinajstić information content (AvgIpc) is 2.55. The Morgan fingerprint density at radius 3 is 2.59 bits per heavy atom. The zero-order valence-corrected chi connectivity index (χ0v) is 12.2. The molecule has 4 nitrogen and oxygen atoms in total. The van der Waals surface area contributed by atoms with Crippen molar-refractivity contribution in [2.24, 2.45) is 0 Å². The van der Waals surface area contributed by atoms with Crippen LogP contribution in [-0.2, 0) is 11.3 Å². The van der Waals surface area contributed by atoms with Crippen molar-refractivity contribution in [3.8, 4) is 11.8 Å². The van der Waals surface area contributed by atoms with Gasteiger partial charge in [-0.2, -0.15) is 0 Å². The van der Waals surface area contributed by atoms with Crippen LogP contribution in [-0.4, -0.2) is 12.6 Å². The Kier molecular flexibility index (Phi) is 5.89. The molecule has 3 N–H and O–H groups in total. The molecule has 0 aliphatic rings. The summed E-state index contributed by atoms with van der Waals surface area (Å²) in [4.78, 5) is 11.5. The number of hydrogen-bond donors (Lipinski definition) is 2. The Morgan fingerprint density at radius 2 is 1.82 bits per heavy atom. The van der Waals surface area contributed by atoms with Crippen LogP contribution < -0.4 is 11.1 Å². The lowest BCUT2D eigenvalue weighted by atomic mass is 10.2. The van der Waals surface area contributed by atoms with Crippen molar-refractivity contribution in [3.63, 3.8) is 0 Å². The molecule has 0 radical (unpaired) electrons. The first kappa shape index (κ1) is 15.5. The monoisotopic (exact) mass is 294 g/mol. The van der Waals surface area contributed by atoms with E-state index in [9.17, 15) is 4.79 Å². The predicted octanol–water partition coefficient (Wildman–Crippen LogP) is 2.94. The molecule has 0 unspecified atom stereocenters. The molecule has 22 heavy (non-hydrogen) atoms. The summed E-state index contributed by atoms with van der Waals surface area (Å²) in [7, 11) is 0. The van der Waals surface area contributed by atoms with Crippen LogP contribution in [0.15, 0.2) is 54.6 Å². The minimum Gasteiger partial charge on any atom is -0.445 e. The van der Waals surface area contributed by atoms with Gasteiger partial charge in [-0.05, 0) is 17.7 Å². The van der Waals surface area contributed by atoms with E-state index < -0.39 is 6.09 Å². The second-order valence-corrected chi connectivity index (χ2v) is 4.63. The highest BCUT2D eigenvalue weighted by atomic mass is 16.5. The molecule has 0 saturated carbocycles. The largest absolute Gasteiger partial charge is 0.445 e. The number of para-hydroxylation sites is 1. The molecule has 112 valence electrons. The maximum atomic E-state index is 11.5. The van der Waals surface area contributed by atoms with Gasteiger partial charge >= 0.3 is 6.09 Å². The quantitative estimate of drug-likeness (QED) is 0.517. The van der Waals surface area contributed by atoms with Crippen molar-refractivity contribution in [1.82, 2.24) is 5.32 Å². The van der Waals surface area contributed by atoms with Gasteiger partial charge < -0.3 is 15.8 Å². The number of ether oxygens (including phenoxy) is 1. The Balaban J connectivity index is 1.67. The number of anilines is 1. The molecule has 1 amide bonds. The number of carbonyl (C=O) groups is 1. The summed E-state index contributed by atoms with van der Waals surface area (Å²) in [5, 5.41) is 2.66. The number of hydrogen-bond acceptors (Lipinski definition) is 3. The van der Waals surface area contributed by atoms with Gasteiger partial charge in [0.25, 0.3) is 0 Å². The van der Waals surface area contributed by atoms with Gasteiger partial charge in [-0.25, -0.2) is 4.79 Å². The average molecular weight is 294 g/mol. The fraction of sp³-hybridized carbons (Fsp3) is 0.167. The Labute approximate surface area is 130 Å². The molecule has 0 aliphatic heterocycles. The van der Waals surface area contributed by atoms with E-state index in [-0.39, 0.29) is 6.61 Å². The van der Waals surface area contributed by atoms with Gasteiger partial charge in [-0.3, -0.25) is 0 Å². The summed E-state index contributed by atoms with van der Waals surface area (Å²) in [6.07, 6.45) is 0.0966. The van der Waals surface area contributed by atoms with E-state index in [0.29, 0.717) is 18.7 Å². The Bertz CT molecular complexity index is 672. The van der Waals surface area contributed by atoms with Crippen molar-refractivity contribution in [2.45, 2.75) is 13.0 Å². The van der Waals surface area contributed by atoms with Crippen LogP contribution in [0.3, 0.4) is 0 Å². The smallest absolute Gasteiger partial charge is 0.407 e. The number of nitrogens with two attached hydrogens (primary N) is 1. The van der Waals surface area contributed by atoms with Crippen LogP contribution in [0.1, 0.15) is 17.5 Å². The summed E-state index contributed by atoms with van der Waals surface area (Å²) >= 11 is 0. The van der Waals surface area contributed by atoms with Gasteiger partial charge in [0.15, 0.2) is 0 Å². The minimum atomic E-state index is -0.440. The van der Waals surface area contributed by atoms with Crippen LogP contribution in [0, 0.1) is 11.8 Å². The lowest BCUT2D eigenvalue weighted by Gasteiger charge is -2.05. The number of nitrogens with one attached hydrogen (secondary N) is 1. The zero-order valence-electron chi connectivity index (χ0n) is 12.2. The minimum absolute atomic E-state index is 0.263. The summed E-state index contributed by atoms with van der Waals surface area (Å²) in [6, 6.07) is 17.0. The first-order valence-electron chi connectivity index (χ1n) is 7.03. The van der Waals surface area contributed by atoms with Gasteiger partial charge in [0.05, 0.1) is 0 Å². The van der Waals surface area contributed by atoms with Crippen LogP contribution >= 0.6 is 0 Å². The van der Waals surface area contributed by atoms with E-state index in [1.807, 2.05) is 54.6 Å². The van der Waals surface area contributed by atoms with Gasteiger partial charge in [0.2, 0.25) is 0 Å². The molecular formula is C18H18N2O2. The number of nitrogen functional groups attached to an aromatic ring is 1. The van der Waals surface area contributed by atoms with Crippen LogP contribution in [0.25, 0.3) is 0 Å². The summed E-state index contributed by atoms with van der Waals surface area (Å²) in [6.45, 7) is 0.701. The van der Waals surface area contributed by atoms with E-state index in [2.05, 4.69) is 17.2 Å². The molecule has 2 aromatic rings. The van der Waals surface area contributed by atoms with Gasteiger partial charge in [0.1, 0.15) is 6.61 Å². The molecule has 0 aliphatic carbocycles. The van der Waals surface area contributed by atoms with E-state index in [1.165, 1.54) is 0 Å². The number of rotatable bonds is 4. The maximum absolute atomic E-state index is 11.5. The molecule has 4 heteroatoms. The third kappa shape index (κ3) is 5.22. The van der Waals surface area contributed by atoms with Crippen LogP contribution in [0.4, 0.5) is 10.5 Å². The first-order chi connectivity index (χ1) is 10.8. The molecule has 2 rings (SSSR count). The van der Waals surface area contributed by atoms with Crippen LogP contribution in [0.5, 0.6) is 0 Å². The van der Waals surface area contributed by atoms with Crippen molar-refractivity contribution in [3.05, 3.63) is 65.7 Å². The highest BCUT2D eigenvalue weighted by Gasteiger charge is 2.00. The molecule has 0 heterocycles. The lowest BCUT2D eigenvalue weighted by Crippen LogP contribution is -2.24. The van der Waals surface area contributed by atoms with Gasteiger partial charge in [-0.15, -0.1) is 0 Å². The fourth-order valence-corrected chi connectivity index (χ4v) is 1.77. The second kappa shape index (κ2) is 8.38. The predicted molar refractivity (Wildman–Crippen MR) is 87.0 cm³/mol. The van der Waals surface area contributed by atoms with E-state index in [1.54, 1.807) is 0 Å². The van der Waals surface area contributed by atoms with Crippen LogP contribution in [0.2, 0.25) is 0 Å². The van der Waals surface area contributed by atoms with Crippen molar-refractivity contribution >= 4 is 11.8 Å². The third-order valence-electron chi connectivity index (χ3n) is 2.92. The van der Waals surface area contributed by atoms with Gasteiger partial charge in [-0.1, -0.05) is 54.3 Å². The normalized spacial score (nSPS) is 9.45. The fourth-order valence-electron chi connectivity index (χ4n) is 1.77. The molecule has 2 aromatic carbocycles. The number of amides is 1. The van der Waals surface area contributed by atoms with E-state index in [0.717, 1.165) is 11.1 Å². The first-order valence-corrected chi connectivity index (χ1v) is 7.03. The number of carbonyl (C=O) groups excluding carboxylic acids is 1. The third-order valence-corrected chi connectivity index (χ3v) is 2.92. The SMILES string of the molecule is Nc1ccccc1C#CCCNC(=O)OCc1ccccc1.